The van der Waals surface area contributed by atoms with E-state index in [4.69, 9.17) is 11.5 Å². The second-order valence-corrected chi connectivity index (χ2v) is 4.30. The Labute approximate surface area is 107 Å². The molecule has 0 fully saturated rings. The standard InChI is InChI=1S/C14H18N4/c15-14(16)17-8-4-3-5-11-9-12-6-1-2-7-13(12)18-10-11/h1-2,6-7,9-10H,3-5,8H2,(H4,15,16,17). The van der Waals surface area contributed by atoms with Gasteiger partial charge >= 0.3 is 0 Å². The molecule has 0 aliphatic rings. The van der Waals surface area contributed by atoms with Crippen LogP contribution in [0.2, 0.25) is 0 Å². The molecule has 0 saturated heterocycles. The number of aryl methyl sites for hydroxylation is 1. The molecule has 1 heterocycles. The molecule has 1 aromatic heterocycles. The number of pyridine rings is 1. The predicted octanol–water partition coefficient (Wildman–Crippen LogP) is 1.83. The zero-order chi connectivity index (χ0) is 12.8. The van der Waals surface area contributed by atoms with E-state index in [1.54, 1.807) is 0 Å². The third kappa shape index (κ3) is 3.45. The van der Waals surface area contributed by atoms with E-state index >= 15 is 0 Å². The predicted molar refractivity (Wildman–Crippen MR) is 75.4 cm³/mol. The van der Waals surface area contributed by atoms with Gasteiger partial charge in [0.15, 0.2) is 5.96 Å². The largest absolute Gasteiger partial charge is 0.370 e. The Morgan fingerprint density at radius 3 is 2.83 bits per heavy atom. The molecule has 0 radical (unpaired) electrons. The van der Waals surface area contributed by atoms with Crippen LogP contribution in [0.25, 0.3) is 10.9 Å². The van der Waals surface area contributed by atoms with Crippen molar-refractivity contribution in [3.63, 3.8) is 0 Å². The van der Waals surface area contributed by atoms with Gasteiger partial charge in [0.25, 0.3) is 0 Å². The molecule has 2 aromatic rings. The number of hydrogen-bond acceptors (Lipinski definition) is 2. The van der Waals surface area contributed by atoms with Crippen molar-refractivity contribution in [2.75, 3.05) is 6.54 Å². The smallest absolute Gasteiger partial charge is 0.185 e. The molecule has 18 heavy (non-hydrogen) atoms. The molecule has 0 spiro atoms. The normalized spacial score (nSPS) is 10.4. The van der Waals surface area contributed by atoms with E-state index in [2.05, 4.69) is 22.1 Å². The van der Waals surface area contributed by atoms with Crippen LogP contribution in [0, 0.1) is 0 Å². The van der Waals surface area contributed by atoms with Gasteiger partial charge in [0.1, 0.15) is 0 Å². The van der Waals surface area contributed by atoms with E-state index in [1.165, 1.54) is 10.9 Å². The van der Waals surface area contributed by atoms with E-state index in [9.17, 15) is 0 Å². The molecular weight excluding hydrogens is 224 g/mol. The zero-order valence-electron chi connectivity index (χ0n) is 10.3. The monoisotopic (exact) mass is 242 g/mol. The number of nitrogens with two attached hydrogens (primary N) is 2. The van der Waals surface area contributed by atoms with Gasteiger partial charge in [0.05, 0.1) is 5.52 Å². The molecule has 0 atom stereocenters. The van der Waals surface area contributed by atoms with Crippen molar-refractivity contribution in [2.24, 2.45) is 16.5 Å². The highest BCUT2D eigenvalue weighted by molar-refractivity contribution is 5.78. The second-order valence-electron chi connectivity index (χ2n) is 4.30. The summed E-state index contributed by atoms with van der Waals surface area (Å²) in [5.41, 5.74) is 12.8. The first-order valence-electron chi connectivity index (χ1n) is 6.15. The van der Waals surface area contributed by atoms with Crippen molar-refractivity contribution >= 4 is 16.9 Å². The Bertz CT molecular complexity index is 544. The fourth-order valence-corrected chi connectivity index (χ4v) is 1.90. The van der Waals surface area contributed by atoms with E-state index < -0.39 is 0 Å². The summed E-state index contributed by atoms with van der Waals surface area (Å²) < 4.78 is 0. The summed E-state index contributed by atoms with van der Waals surface area (Å²) in [5.74, 6) is 0.169. The zero-order valence-corrected chi connectivity index (χ0v) is 10.3. The first kappa shape index (κ1) is 12.4. The lowest BCUT2D eigenvalue weighted by Crippen LogP contribution is -2.22. The van der Waals surface area contributed by atoms with Crippen LogP contribution in [0.5, 0.6) is 0 Å². The van der Waals surface area contributed by atoms with Crippen molar-refractivity contribution in [2.45, 2.75) is 19.3 Å². The van der Waals surface area contributed by atoms with Crippen molar-refractivity contribution in [1.29, 1.82) is 0 Å². The SMILES string of the molecule is NC(N)=NCCCCc1cnc2ccccc2c1. The molecule has 0 bridgehead atoms. The van der Waals surface area contributed by atoms with Crippen LogP contribution in [-0.4, -0.2) is 17.5 Å². The molecule has 4 N–H and O–H groups in total. The lowest BCUT2D eigenvalue weighted by molar-refractivity contribution is 0.743. The molecule has 94 valence electrons. The first-order valence-corrected chi connectivity index (χ1v) is 6.15. The second kappa shape index (κ2) is 6.00. The summed E-state index contributed by atoms with van der Waals surface area (Å²) >= 11 is 0. The number of unbranched alkanes of at least 4 members (excludes halogenated alkanes) is 1. The molecule has 4 nitrogen and oxygen atoms in total. The maximum absolute atomic E-state index is 5.27. The highest BCUT2D eigenvalue weighted by Crippen LogP contribution is 2.14. The summed E-state index contributed by atoms with van der Waals surface area (Å²) in [6, 6.07) is 10.3. The summed E-state index contributed by atoms with van der Waals surface area (Å²) in [5, 5.41) is 1.19. The van der Waals surface area contributed by atoms with Gasteiger partial charge < -0.3 is 11.5 Å². The van der Waals surface area contributed by atoms with Gasteiger partial charge in [-0.15, -0.1) is 0 Å². The van der Waals surface area contributed by atoms with Crippen LogP contribution in [0.1, 0.15) is 18.4 Å². The average molecular weight is 242 g/mol. The summed E-state index contributed by atoms with van der Waals surface area (Å²) in [7, 11) is 0. The minimum absolute atomic E-state index is 0.169. The quantitative estimate of drug-likeness (QED) is 0.477. The molecule has 0 saturated carbocycles. The maximum Gasteiger partial charge on any atom is 0.185 e. The van der Waals surface area contributed by atoms with Gasteiger partial charge in [0, 0.05) is 18.1 Å². The van der Waals surface area contributed by atoms with E-state index in [0.717, 1.165) is 24.8 Å². The van der Waals surface area contributed by atoms with Crippen LogP contribution < -0.4 is 11.5 Å². The molecular formula is C14H18N4. The van der Waals surface area contributed by atoms with Crippen LogP contribution >= 0.6 is 0 Å². The van der Waals surface area contributed by atoms with Gasteiger partial charge in [-0.05, 0) is 37.0 Å². The number of aromatic nitrogens is 1. The average Bonchev–Trinajstić information content (AvgIpc) is 2.38. The molecule has 4 heteroatoms. The van der Waals surface area contributed by atoms with Gasteiger partial charge in [0.2, 0.25) is 0 Å². The van der Waals surface area contributed by atoms with Gasteiger partial charge in [-0.1, -0.05) is 18.2 Å². The minimum Gasteiger partial charge on any atom is -0.370 e. The summed E-state index contributed by atoms with van der Waals surface area (Å²) in [6.45, 7) is 0.698. The highest BCUT2D eigenvalue weighted by atomic mass is 15.0. The van der Waals surface area contributed by atoms with Gasteiger partial charge in [-0.3, -0.25) is 9.98 Å². The Morgan fingerprint density at radius 2 is 2.00 bits per heavy atom. The highest BCUT2D eigenvalue weighted by Gasteiger charge is 1.97. The number of benzene rings is 1. The molecule has 0 aliphatic carbocycles. The molecule has 0 aliphatic heterocycles. The van der Waals surface area contributed by atoms with E-state index in [0.29, 0.717) is 6.54 Å². The summed E-state index contributed by atoms with van der Waals surface area (Å²) in [4.78, 5) is 8.40. The minimum atomic E-state index is 0.169. The third-order valence-electron chi connectivity index (χ3n) is 2.82. The number of para-hydroxylation sites is 1. The number of rotatable bonds is 5. The third-order valence-corrected chi connectivity index (χ3v) is 2.82. The van der Waals surface area contributed by atoms with Crippen LogP contribution in [-0.2, 0) is 6.42 Å². The number of guanidine groups is 1. The van der Waals surface area contributed by atoms with Crippen molar-refractivity contribution in [1.82, 2.24) is 4.98 Å². The number of nitrogens with zero attached hydrogens (tertiary/aromatic N) is 2. The number of aliphatic imine (C=N–C) groups is 1. The number of fused-ring (bicyclic) bond motifs is 1. The molecule has 1 aromatic carbocycles. The lowest BCUT2D eigenvalue weighted by atomic mass is 10.1. The topological polar surface area (TPSA) is 77.3 Å². The Morgan fingerprint density at radius 1 is 1.17 bits per heavy atom. The van der Waals surface area contributed by atoms with Gasteiger partial charge in [-0.2, -0.15) is 0 Å². The molecule has 0 amide bonds. The molecule has 0 unspecified atom stereocenters. The van der Waals surface area contributed by atoms with Gasteiger partial charge in [-0.25, -0.2) is 0 Å². The van der Waals surface area contributed by atoms with Crippen molar-refractivity contribution in [3.8, 4) is 0 Å². The van der Waals surface area contributed by atoms with Crippen LogP contribution in [0.15, 0.2) is 41.5 Å². The van der Waals surface area contributed by atoms with E-state index in [1.807, 2.05) is 24.4 Å². The first-order chi connectivity index (χ1) is 8.75. The van der Waals surface area contributed by atoms with Crippen molar-refractivity contribution in [3.05, 3.63) is 42.1 Å². The fourth-order valence-electron chi connectivity index (χ4n) is 1.90. The Kier molecular flexibility index (Phi) is 4.12. The van der Waals surface area contributed by atoms with E-state index in [-0.39, 0.29) is 5.96 Å². The maximum atomic E-state index is 5.27. The fraction of sp³-hybridized carbons (Fsp3) is 0.286. The molecule has 2 rings (SSSR count). The lowest BCUT2D eigenvalue weighted by Gasteiger charge is -2.02. The van der Waals surface area contributed by atoms with Crippen molar-refractivity contribution < 1.29 is 0 Å². The summed E-state index contributed by atoms with van der Waals surface area (Å²) in [6.07, 6.45) is 5.02. The Hall–Kier alpha value is -2.10. The van der Waals surface area contributed by atoms with Crippen LogP contribution in [0.4, 0.5) is 0 Å². The number of hydrogen-bond donors (Lipinski definition) is 2. The Balaban J connectivity index is 1.90. The van der Waals surface area contributed by atoms with Crippen LogP contribution in [0.3, 0.4) is 0 Å².